The number of carboxylic acids is 1. The second-order valence-electron chi connectivity index (χ2n) is 6.83. The summed E-state index contributed by atoms with van der Waals surface area (Å²) in [4.78, 5) is 25.8. The lowest BCUT2D eigenvalue weighted by Gasteiger charge is -2.38. The lowest BCUT2D eigenvalue weighted by molar-refractivity contribution is -0.154. The van der Waals surface area contributed by atoms with Crippen LogP contribution >= 0.6 is 0 Å². The molecule has 1 N–H and O–H groups in total. The highest BCUT2D eigenvalue weighted by Crippen LogP contribution is 2.30. The van der Waals surface area contributed by atoms with Gasteiger partial charge in [0.1, 0.15) is 6.61 Å². The van der Waals surface area contributed by atoms with Crippen molar-refractivity contribution in [3.63, 3.8) is 0 Å². The smallest absolute Gasteiger partial charge is 0.331 e. The molecule has 8 heteroatoms. The molecule has 2 aliphatic rings. The maximum atomic E-state index is 12.3. The Hall–Kier alpha value is -1.93. The molecule has 0 saturated carbocycles. The van der Waals surface area contributed by atoms with E-state index in [1.807, 2.05) is 6.92 Å². The zero-order valence-corrected chi connectivity index (χ0v) is 14.5. The Morgan fingerprint density at radius 3 is 2.76 bits per heavy atom. The van der Waals surface area contributed by atoms with Crippen molar-refractivity contribution in [2.45, 2.75) is 44.2 Å². The van der Waals surface area contributed by atoms with Gasteiger partial charge in [-0.3, -0.25) is 9.48 Å². The number of ether oxygens (including phenoxy) is 2. The number of amides is 1. The molecule has 2 saturated heterocycles. The molecule has 0 spiro atoms. The van der Waals surface area contributed by atoms with Gasteiger partial charge >= 0.3 is 5.97 Å². The van der Waals surface area contributed by atoms with Crippen LogP contribution in [0.2, 0.25) is 0 Å². The van der Waals surface area contributed by atoms with Crippen LogP contribution in [0.1, 0.15) is 31.2 Å². The Kier molecular flexibility index (Phi) is 5.39. The number of rotatable bonds is 6. The van der Waals surface area contributed by atoms with E-state index in [1.165, 1.54) is 4.68 Å². The molecular weight excluding hydrogens is 326 g/mol. The van der Waals surface area contributed by atoms with E-state index in [4.69, 9.17) is 9.47 Å². The molecule has 0 aromatic carbocycles. The number of carbonyl (C=O) groups is 2. The molecule has 3 heterocycles. The Morgan fingerprint density at radius 1 is 1.44 bits per heavy atom. The lowest BCUT2D eigenvalue weighted by Crippen LogP contribution is -2.53. The van der Waals surface area contributed by atoms with Crippen LogP contribution in [-0.4, -0.2) is 70.7 Å². The van der Waals surface area contributed by atoms with Crippen molar-refractivity contribution in [1.82, 2.24) is 14.7 Å². The molecule has 0 unspecified atom stereocenters. The van der Waals surface area contributed by atoms with Gasteiger partial charge in [-0.15, -0.1) is 0 Å². The number of piperidine rings is 1. The van der Waals surface area contributed by atoms with Gasteiger partial charge in [-0.25, -0.2) is 4.79 Å². The summed E-state index contributed by atoms with van der Waals surface area (Å²) < 4.78 is 12.5. The number of aromatic nitrogens is 2. The van der Waals surface area contributed by atoms with Gasteiger partial charge in [-0.05, 0) is 25.3 Å². The van der Waals surface area contributed by atoms with E-state index >= 15 is 0 Å². The van der Waals surface area contributed by atoms with Gasteiger partial charge < -0.3 is 19.5 Å². The first-order valence-corrected chi connectivity index (χ1v) is 8.73. The second kappa shape index (κ2) is 7.53. The third-order valence-corrected chi connectivity index (χ3v) is 5.04. The van der Waals surface area contributed by atoms with E-state index in [0.717, 1.165) is 25.0 Å². The maximum Gasteiger partial charge on any atom is 0.331 e. The largest absolute Gasteiger partial charge is 0.479 e. The molecule has 25 heavy (non-hydrogen) atoms. The maximum absolute atomic E-state index is 12.3. The highest BCUT2D eigenvalue weighted by Gasteiger charge is 2.44. The van der Waals surface area contributed by atoms with Crippen LogP contribution in [0.4, 0.5) is 0 Å². The topological polar surface area (TPSA) is 93.9 Å². The predicted molar refractivity (Wildman–Crippen MR) is 88.2 cm³/mol. The first-order valence-electron chi connectivity index (χ1n) is 8.73. The van der Waals surface area contributed by atoms with E-state index in [9.17, 15) is 14.7 Å². The first kappa shape index (κ1) is 17.9. The molecule has 0 aliphatic carbocycles. The average molecular weight is 351 g/mol. The van der Waals surface area contributed by atoms with Gasteiger partial charge in [0, 0.05) is 38.7 Å². The molecule has 3 rings (SSSR count). The van der Waals surface area contributed by atoms with E-state index in [2.05, 4.69) is 5.10 Å². The van der Waals surface area contributed by atoms with Gasteiger partial charge in [0.2, 0.25) is 5.91 Å². The third kappa shape index (κ3) is 3.85. The number of hydrogen-bond donors (Lipinski definition) is 1. The molecule has 2 fully saturated rings. The van der Waals surface area contributed by atoms with E-state index in [-0.39, 0.29) is 18.6 Å². The van der Waals surface area contributed by atoms with Crippen molar-refractivity contribution in [2.75, 3.05) is 32.9 Å². The number of aryl methyl sites for hydroxylation is 1. The fraction of sp³-hybridized carbons (Fsp3) is 0.706. The number of carboxylic acid groups (broad SMARTS) is 1. The van der Waals surface area contributed by atoms with Crippen LogP contribution < -0.4 is 0 Å². The average Bonchev–Trinajstić information content (AvgIpc) is 3.26. The van der Waals surface area contributed by atoms with Gasteiger partial charge in [-0.1, -0.05) is 0 Å². The van der Waals surface area contributed by atoms with E-state index in [1.54, 1.807) is 17.3 Å². The normalized spacial score (nSPS) is 22.9. The number of hydrogen-bond acceptors (Lipinski definition) is 5. The fourth-order valence-electron chi connectivity index (χ4n) is 3.46. The molecule has 8 nitrogen and oxygen atoms in total. The Labute approximate surface area is 146 Å². The minimum Gasteiger partial charge on any atom is -0.479 e. The molecule has 1 aromatic heterocycles. The second-order valence-corrected chi connectivity index (χ2v) is 6.83. The van der Waals surface area contributed by atoms with Gasteiger partial charge in [0.25, 0.3) is 0 Å². The fourth-order valence-corrected chi connectivity index (χ4v) is 3.46. The molecule has 1 atom stereocenters. The highest BCUT2D eigenvalue weighted by atomic mass is 16.5. The summed E-state index contributed by atoms with van der Waals surface area (Å²) in [6.45, 7) is 3.86. The molecule has 2 aliphatic heterocycles. The van der Waals surface area contributed by atoms with Crippen molar-refractivity contribution in [2.24, 2.45) is 0 Å². The molecular formula is C17H25N3O5. The van der Waals surface area contributed by atoms with Crippen LogP contribution in [0.25, 0.3) is 0 Å². The molecule has 0 radical (unpaired) electrons. The molecule has 0 bridgehead atoms. The summed E-state index contributed by atoms with van der Waals surface area (Å²) in [6.07, 6.45) is 6.18. The summed E-state index contributed by atoms with van der Waals surface area (Å²) in [6, 6.07) is 0. The summed E-state index contributed by atoms with van der Waals surface area (Å²) in [5.74, 6) is -1.01. The Morgan fingerprint density at radius 2 is 2.20 bits per heavy atom. The monoisotopic (exact) mass is 351 g/mol. The molecule has 1 aromatic rings. The summed E-state index contributed by atoms with van der Waals surface area (Å²) in [5.41, 5.74) is -0.162. The van der Waals surface area contributed by atoms with Crippen LogP contribution in [0.15, 0.2) is 12.4 Å². The van der Waals surface area contributed by atoms with Crippen LogP contribution in [-0.2, 0) is 24.6 Å². The minimum atomic E-state index is -1.08. The van der Waals surface area contributed by atoms with Gasteiger partial charge in [-0.2, -0.15) is 5.10 Å². The minimum absolute atomic E-state index is 0.0147. The van der Waals surface area contributed by atoms with Crippen molar-refractivity contribution in [3.8, 4) is 0 Å². The van der Waals surface area contributed by atoms with Crippen LogP contribution in [0.3, 0.4) is 0 Å². The zero-order chi connectivity index (χ0) is 17.9. The summed E-state index contributed by atoms with van der Waals surface area (Å²) in [7, 11) is 0. The number of aliphatic carboxylic acids is 1. The van der Waals surface area contributed by atoms with Gasteiger partial charge in [0.05, 0.1) is 18.9 Å². The Balaban J connectivity index is 1.52. The highest BCUT2D eigenvalue weighted by molar-refractivity contribution is 5.80. The van der Waals surface area contributed by atoms with Crippen molar-refractivity contribution < 1.29 is 24.2 Å². The Bertz CT molecular complexity index is 616. The summed E-state index contributed by atoms with van der Waals surface area (Å²) in [5, 5.41) is 13.9. The number of likely N-dealkylation sites (tertiary alicyclic amines) is 1. The number of nitrogens with zero attached hydrogens (tertiary/aromatic N) is 3. The molecule has 1 amide bonds. The first-order chi connectivity index (χ1) is 12.0. The lowest BCUT2D eigenvalue weighted by atomic mass is 9.87. The van der Waals surface area contributed by atoms with Crippen molar-refractivity contribution in [1.29, 1.82) is 0 Å². The summed E-state index contributed by atoms with van der Waals surface area (Å²) >= 11 is 0. The third-order valence-electron chi connectivity index (χ3n) is 5.04. The van der Waals surface area contributed by atoms with Crippen LogP contribution in [0.5, 0.6) is 0 Å². The standard InChI is InChI=1S/C17H25N3O5/c1-13-9-18-20(10-13)17(16(22)23)4-6-19(7-5-17)15(21)12-24-11-14-3-2-8-25-14/h9-10,14H,2-8,11-12H2,1H3,(H,22,23)/t14-/m1/s1. The SMILES string of the molecule is Cc1cnn(C2(C(=O)O)CCN(C(=O)COC[C@H]3CCCO3)CC2)c1. The van der Waals surface area contributed by atoms with E-state index in [0.29, 0.717) is 32.5 Å². The van der Waals surface area contributed by atoms with Gasteiger partial charge in [0.15, 0.2) is 5.54 Å². The van der Waals surface area contributed by atoms with E-state index < -0.39 is 11.5 Å². The van der Waals surface area contributed by atoms with Crippen molar-refractivity contribution >= 4 is 11.9 Å². The number of carbonyl (C=O) groups excluding carboxylic acids is 1. The van der Waals surface area contributed by atoms with Crippen LogP contribution in [0, 0.1) is 6.92 Å². The molecule has 138 valence electrons. The quantitative estimate of drug-likeness (QED) is 0.814. The van der Waals surface area contributed by atoms with Crippen molar-refractivity contribution in [3.05, 3.63) is 18.0 Å². The zero-order valence-electron chi connectivity index (χ0n) is 14.5. The predicted octanol–water partition coefficient (Wildman–Crippen LogP) is 0.789.